The summed E-state index contributed by atoms with van der Waals surface area (Å²) in [5.41, 5.74) is 1.25. The topological polar surface area (TPSA) is 86.8 Å². The van der Waals surface area contributed by atoms with Crippen LogP contribution in [0.25, 0.3) is 0 Å². The van der Waals surface area contributed by atoms with Crippen LogP contribution in [0.3, 0.4) is 0 Å². The van der Waals surface area contributed by atoms with Crippen molar-refractivity contribution in [1.82, 2.24) is 9.62 Å². The predicted molar refractivity (Wildman–Crippen MR) is 118 cm³/mol. The first-order chi connectivity index (χ1) is 14.0. The number of piperazine rings is 1. The highest BCUT2D eigenvalue weighted by Gasteiger charge is 2.51. The van der Waals surface area contributed by atoms with Gasteiger partial charge in [-0.15, -0.1) is 0 Å². The number of hydrogen-bond acceptors (Lipinski definition) is 4. The van der Waals surface area contributed by atoms with Crippen LogP contribution in [-0.4, -0.2) is 55.5 Å². The third-order valence-electron chi connectivity index (χ3n) is 6.50. The van der Waals surface area contributed by atoms with E-state index in [0.717, 1.165) is 47.4 Å². The van der Waals surface area contributed by atoms with Crippen LogP contribution in [0.2, 0.25) is 0 Å². The SMILES string of the molecule is Cc1cccc(N2C(=O)CN(S(C)(=O)=O)CC2(C)C(=O)NC2CCCCCC2)c1C. The molecule has 0 spiro atoms. The maximum atomic E-state index is 13.6. The lowest BCUT2D eigenvalue weighted by atomic mass is 9.92. The zero-order chi connectivity index (χ0) is 22.1. The minimum atomic E-state index is -3.62. The Balaban J connectivity index is 2.01. The van der Waals surface area contributed by atoms with Gasteiger partial charge in [-0.1, -0.05) is 37.8 Å². The summed E-state index contributed by atoms with van der Waals surface area (Å²) in [4.78, 5) is 28.3. The summed E-state index contributed by atoms with van der Waals surface area (Å²) in [6.07, 6.45) is 7.37. The highest BCUT2D eigenvalue weighted by Crippen LogP contribution is 2.34. The van der Waals surface area contributed by atoms with Gasteiger partial charge in [-0.25, -0.2) is 8.42 Å². The van der Waals surface area contributed by atoms with E-state index >= 15 is 0 Å². The molecule has 1 aliphatic heterocycles. The molecule has 1 heterocycles. The molecule has 1 aromatic carbocycles. The molecule has 1 saturated carbocycles. The van der Waals surface area contributed by atoms with Crippen molar-refractivity contribution in [2.75, 3.05) is 24.2 Å². The van der Waals surface area contributed by atoms with Crippen LogP contribution in [0.1, 0.15) is 56.6 Å². The molecule has 2 aliphatic rings. The minimum absolute atomic E-state index is 0.0565. The van der Waals surface area contributed by atoms with Crippen LogP contribution in [0.15, 0.2) is 18.2 Å². The fourth-order valence-corrected chi connectivity index (χ4v) is 5.35. The second-order valence-corrected chi connectivity index (χ2v) is 10.9. The quantitative estimate of drug-likeness (QED) is 0.736. The van der Waals surface area contributed by atoms with Crippen molar-refractivity contribution in [2.45, 2.75) is 70.9 Å². The Kier molecular flexibility index (Phi) is 6.57. The van der Waals surface area contributed by atoms with E-state index in [1.54, 1.807) is 6.92 Å². The monoisotopic (exact) mass is 435 g/mol. The molecule has 0 bridgehead atoms. The average Bonchev–Trinajstić information content (AvgIpc) is 2.92. The van der Waals surface area contributed by atoms with Gasteiger partial charge in [0.1, 0.15) is 5.54 Å². The molecule has 166 valence electrons. The molecule has 2 amide bonds. The Morgan fingerprint density at radius 1 is 1.13 bits per heavy atom. The normalized spacial score (nSPS) is 24.5. The zero-order valence-corrected chi connectivity index (χ0v) is 19.2. The van der Waals surface area contributed by atoms with Crippen LogP contribution < -0.4 is 10.2 Å². The van der Waals surface area contributed by atoms with Gasteiger partial charge < -0.3 is 5.32 Å². The fourth-order valence-electron chi connectivity index (χ4n) is 4.52. The standard InChI is InChI=1S/C22H33N3O4S/c1-16-10-9-13-19(17(16)2)25-20(26)14-24(30(4,28)29)15-22(25,3)21(27)23-18-11-7-5-6-8-12-18/h9-10,13,18H,5-8,11-12,14-15H2,1-4H3,(H,23,27). The lowest BCUT2D eigenvalue weighted by molar-refractivity contribution is -0.133. The average molecular weight is 436 g/mol. The Hall–Kier alpha value is -1.93. The molecular formula is C22H33N3O4S. The molecule has 3 rings (SSSR count). The number of aryl methyl sites for hydroxylation is 1. The van der Waals surface area contributed by atoms with Crippen LogP contribution in [-0.2, 0) is 19.6 Å². The van der Waals surface area contributed by atoms with E-state index in [1.165, 1.54) is 17.7 Å². The first-order valence-corrected chi connectivity index (χ1v) is 12.5. The highest BCUT2D eigenvalue weighted by molar-refractivity contribution is 7.88. The molecule has 1 unspecified atom stereocenters. The van der Waals surface area contributed by atoms with Crippen molar-refractivity contribution in [1.29, 1.82) is 0 Å². The van der Waals surface area contributed by atoms with Gasteiger partial charge in [-0.3, -0.25) is 14.5 Å². The first-order valence-electron chi connectivity index (χ1n) is 10.7. The largest absolute Gasteiger partial charge is 0.351 e. The Morgan fingerprint density at radius 2 is 1.77 bits per heavy atom. The predicted octanol–water partition coefficient (Wildman–Crippen LogP) is 2.51. The summed E-state index contributed by atoms with van der Waals surface area (Å²) in [5.74, 6) is -0.684. The van der Waals surface area contributed by atoms with Gasteiger partial charge in [0.25, 0.3) is 0 Å². The van der Waals surface area contributed by atoms with E-state index < -0.39 is 15.6 Å². The number of benzene rings is 1. The fraction of sp³-hybridized carbons (Fsp3) is 0.636. The molecule has 2 fully saturated rings. The molecule has 0 radical (unpaired) electrons. The maximum Gasteiger partial charge on any atom is 0.247 e. The van der Waals surface area contributed by atoms with Gasteiger partial charge >= 0.3 is 0 Å². The van der Waals surface area contributed by atoms with Gasteiger partial charge in [-0.05, 0) is 50.8 Å². The number of carbonyl (C=O) groups excluding carboxylic acids is 2. The van der Waals surface area contributed by atoms with Gasteiger partial charge in [0.05, 0.1) is 12.8 Å². The number of sulfonamides is 1. The number of anilines is 1. The van der Waals surface area contributed by atoms with Crippen molar-refractivity contribution in [3.05, 3.63) is 29.3 Å². The third-order valence-corrected chi connectivity index (χ3v) is 7.70. The number of carbonyl (C=O) groups is 2. The molecule has 1 saturated heterocycles. The zero-order valence-electron chi connectivity index (χ0n) is 18.4. The molecule has 1 aromatic rings. The van der Waals surface area contributed by atoms with Crippen LogP contribution >= 0.6 is 0 Å². The van der Waals surface area contributed by atoms with Crippen molar-refractivity contribution >= 4 is 27.5 Å². The molecule has 7 nitrogen and oxygen atoms in total. The van der Waals surface area contributed by atoms with Gasteiger partial charge in [0, 0.05) is 18.3 Å². The van der Waals surface area contributed by atoms with E-state index in [2.05, 4.69) is 5.32 Å². The Morgan fingerprint density at radius 3 is 2.37 bits per heavy atom. The smallest absolute Gasteiger partial charge is 0.247 e. The second kappa shape index (κ2) is 8.67. The van der Waals surface area contributed by atoms with Crippen LogP contribution in [0.5, 0.6) is 0 Å². The van der Waals surface area contributed by atoms with Gasteiger partial charge in [0.15, 0.2) is 0 Å². The molecular weight excluding hydrogens is 402 g/mol. The lowest BCUT2D eigenvalue weighted by Crippen LogP contribution is -2.70. The number of nitrogens with one attached hydrogen (secondary N) is 1. The highest BCUT2D eigenvalue weighted by atomic mass is 32.2. The Labute approximate surface area is 179 Å². The molecule has 1 aliphatic carbocycles. The maximum absolute atomic E-state index is 13.6. The lowest BCUT2D eigenvalue weighted by Gasteiger charge is -2.47. The van der Waals surface area contributed by atoms with E-state index in [0.29, 0.717) is 5.69 Å². The van der Waals surface area contributed by atoms with Crippen molar-refractivity contribution in [3.8, 4) is 0 Å². The van der Waals surface area contributed by atoms with Gasteiger partial charge in [0.2, 0.25) is 21.8 Å². The summed E-state index contributed by atoms with van der Waals surface area (Å²) in [6, 6.07) is 5.70. The summed E-state index contributed by atoms with van der Waals surface area (Å²) < 4.78 is 25.6. The van der Waals surface area contributed by atoms with Gasteiger partial charge in [-0.2, -0.15) is 4.31 Å². The first kappa shape index (κ1) is 22.7. The Bertz CT molecular complexity index is 922. The summed E-state index contributed by atoms with van der Waals surface area (Å²) >= 11 is 0. The number of nitrogens with zero attached hydrogens (tertiary/aromatic N) is 2. The summed E-state index contributed by atoms with van der Waals surface area (Å²) in [7, 11) is -3.62. The molecule has 1 atom stereocenters. The number of rotatable bonds is 4. The van der Waals surface area contributed by atoms with Crippen LogP contribution in [0, 0.1) is 13.8 Å². The van der Waals surface area contributed by atoms with Crippen LogP contribution in [0.4, 0.5) is 5.69 Å². The molecule has 0 aromatic heterocycles. The molecule has 1 N–H and O–H groups in total. The summed E-state index contributed by atoms with van der Waals surface area (Å²) in [5, 5.41) is 3.14. The number of hydrogen-bond donors (Lipinski definition) is 1. The molecule has 30 heavy (non-hydrogen) atoms. The van der Waals surface area contributed by atoms with Crippen molar-refractivity contribution in [2.24, 2.45) is 0 Å². The van der Waals surface area contributed by atoms with Crippen molar-refractivity contribution < 1.29 is 18.0 Å². The number of amides is 2. The molecule has 8 heteroatoms. The van der Waals surface area contributed by atoms with E-state index in [1.807, 2.05) is 32.0 Å². The summed E-state index contributed by atoms with van der Waals surface area (Å²) in [6.45, 7) is 5.22. The van der Waals surface area contributed by atoms with E-state index in [4.69, 9.17) is 0 Å². The third kappa shape index (κ3) is 4.54. The van der Waals surface area contributed by atoms with E-state index in [-0.39, 0.29) is 30.9 Å². The minimum Gasteiger partial charge on any atom is -0.351 e. The van der Waals surface area contributed by atoms with Crippen molar-refractivity contribution in [3.63, 3.8) is 0 Å². The second-order valence-electron chi connectivity index (χ2n) is 8.92. The van der Waals surface area contributed by atoms with E-state index in [9.17, 15) is 18.0 Å².